The molecule has 0 aliphatic rings. The summed E-state index contributed by atoms with van der Waals surface area (Å²) in [6.45, 7) is 0. The molecular formula is C34H24N2O. The fourth-order valence-corrected chi connectivity index (χ4v) is 4.70. The lowest BCUT2D eigenvalue weighted by Crippen LogP contribution is -2.03. The summed E-state index contributed by atoms with van der Waals surface area (Å²) in [4.78, 5) is 18.7. The highest BCUT2D eigenvalue weighted by Gasteiger charge is 2.22. The number of allylic oxidation sites excluding steroid dienone is 1. The number of rotatable bonds is 6. The van der Waals surface area contributed by atoms with Gasteiger partial charge in [0.15, 0.2) is 5.78 Å². The zero-order valence-corrected chi connectivity index (χ0v) is 20.2. The largest absolute Gasteiger partial charge is 0.292 e. The van der Waals surface area contributed by atoms with Crippen LogP contribution in [0.1, 0.15) is 21.6 Å². The lowest BCUT2D eigenvalue weighted by Gasteiger charge is -2.14. The molecule has 0 spiro atoms. The number of imidazole rings is 1. The third-order valence-electron chi connectivity index (χ3n) is 6.43. The van der Waals surface area contributed by atoms with Crippen LogP contribution in [0.25, 0.3) is 33.7 Å². The van der Waals surface area contributed by atoms with Crippen LogP contribution in [-0.2, 0) is 0 Å². The number of pyridine rings is 1. The fourth-order valence-electron chi connectivity index (χ4n) is 4.70. The minimum Gasteiger partial charge on any atom is -0.292 e. The Morgan fingerprint density at radius 2 is 1.11 bits per heavy atom. The quantitative estimate of drug-likeness (QED) is 0.180. The van der Waals surface area contributed by atoms with Gasteiger partial charge in [-0.2, -0.15) is 0 Å². The van der Waals surface area contributed by atoms with Gasteiger partial charge in [-0.25, -0.2) is 4.98 Å². The Hall–Kier alpha value is -5.02. The van der Waals surface area contributed by atoms with Crippen LogP contribution in [-0.4, -0.2) is 15.2 Å². The maximum Gasteiger partial charge on any atom is 0.186 e. The van der Waals surface area contributed by atoms with Gasteiger partial charge in [-0.05, 0) is 29.3 Å². The van der Waals surface area contributed by atoms with E-state index >= 15 is 0 Å². The van der Waals surface area contributed by atoms with Gasteiger partial charge in [0, 0.05) is 16.7 Å². The number of carbonyl (C=O) groups excluding carboxylic acids is 1. The zero-order valence-electron chi connectivity index (χ0n) is 20.2. The Bertz CT molecular complexity index is 1700. The Kier molecular flexibility index (Phi) is 6.02. The number of hydrogen-bond acceptors (Lipinski definition) is 2. The van der Waals surface area contributed by atoms with Gasteiger partial charge >= 0.3 is 0 Å². The number of benzene rings is 4. The van der Waals surface area contributed by atoms with Gasteiger partial charge in [-0.15, -0.1) is 0 Å². The summed E-state index contributed by atoms with van der Waals surface area (Å²) in [5.74, 6) is -0.0504. The summed E-state index contributed by atoms with van der Waals surface area (Å²) in [6.07, 6.45) is 1.75. The van der Waals surface area contributed by atoms with Crippen LogP contribution in [0.4, 0.5) is 0 Å². The predicted molar refractivity (Wildman–Crippen MR) is 150 cm³/mol. The topological polar surface area (TPSA) is 34.4 Å². The molecule has 176 valence electrons. The molecule has 6 aromatic rings. The second kappa shape index (κ2) is 9.92. The molecule has 2 heterocycles. The van der Waals surface area contributed by atoms with E-state index < -0.39 is 0 Å². The van der Waals surface area contributed by atoms with Crippen LogP contribution in [0.15, 0.2) is 146 Å². The highest BCUT2D eigenvalue weighted by Crippen LogP contribution is 2.36. The highest BCUT2D eigenvalue weighted by molar-refractivity contribution is 6.11. The first kappa shape index (κ1) is 22.4. The second-order valence-electron chi connectivity index (χ2n) is 8.80. The van der Waals surface area contributed by atoms with Crippen molar-refractivity contribution in [1.29, 1.82) is 0 Å². The number of ketones is 1. The van der Waals surface area contributed by atoms with Gasteiger partial charge in [0.25, 0.3) is 0 Å². The van der Waals surface area contributed by atoms with Crippen molar-refractivity contribution in [2.24, 2.45) is 0 Å². The third-order valence-corrected chi connectivity index (χ3v) is 6.43. The van der Waals surface area contributed by atoms with Crippen LogP contribution >= 0.6 is 0 Å². The summed E-state index contributed by atoms with van der Waals surface area (Å²) in [5, 5.41) is 0. The van der Waals surface area contributed by atoms with Gasteiger partial charge in [0.05, 0.1) is 17.1 Å². The highest BCUT2D eigenvalue weighted by atomic mass is 16.1. The number of fused-ring (bicyclic) bond motifs is 1. The van der Waals surface area contributed by atoms with Gasteiger partial charge in [0.2, 0.25) is 0 Å². The van der Waals surface area contributed by atoms with Crippen molar-refractivity contribution in [3.8, 4) is 22.5 Å². The maximum absolute atomic E-state index is 13.6. The van der Waals surface area contributed by atoms with E-state index in [2.05, 4.69) is 34.7 Å². The Balaban J connectivity index is 1.71. The fraction of sp³-hybridized carbons (Fsp3) is 0. The first-order chi connectivity index (χ1) is 18.3. The molecule has 0 amide bonds. The molecule has 3 nitrogen and oxygen atoms in total. The Morgan fingerprint density at radius 1 is 0.568 bits per heavy atom. The zero-order chi connectivity index (χ0) is 25.0. The molecule has 0 fully saturated rings. The predicted octanol–water partition coefficient (Wildman–Crippen LogP) is 7.98. The molecule has 0 unspecified atom stereocenters. The van der Waals surface area contributed by atoms with Gasteiger partial charge in [-0.3, -0.25) is 9.20 Å². The van der Waals surface area contributed by atoms with Crippen LogP contribution < -0.4 is 0 Å². The van der Waals surface area contributed by atoms with Crippen molar-refractivity contribution in [1.82, 2.24) is 9.38 Å². The lowest BCUT2D eigenvalue weighted by atomic mass is 9.95. The van der Waals surface area contributed by atoms with E-state index in [1.54, 1.807) is 6.08 Å². The molecule has 0 N–H and O–H groups in total. The summed E-state index contributed by atoms with van der Waals surface area (Å²) >= 11 is 0. The van der Waals surface area contributed by atoms with E-state index in [0.29, 0.717) is 5.56 Å². The monoisotopic (exact) mass is 476 g/mol. The maximum atomic E-state index is 13.6. The van der Waals surface area contributed by atoms with E-state index in [0.717, 1.165) is 45.0 Å². The number of hydrogen-bond donors (Lipinski definition) is 0. The molecule has 0 saturated carbocycles. The van der Waals surface area contributed by atoms with Gasteiger partial charge in [0.1, 0.15) is 5.65 Å². The Labute approximate surface area is 216 Å². The molecule has 6 rings (SSSR count). The first-order valence-electron chi connectivity index (χ1n) is 12.3. The van der Waals surface area contributed by atoms with Crippen LogP contribution in [0.2, 0.25) is 0 Å². The van der Waals surface area contributed by atoms with Crippen LogP contribution in [0.3, 0.4) is 0 Å². The van der Waals surface area contributed by atoms with Gasteiger partial charge in [-0.1, -0.05) is 127 Å². The average Bonchev–Trinajstić information content (AvgIpc) is 3.37. The Morgan fingerprint density at radius 3 is 1.73 bits per heavy atom. The van der Waals surface area contributed by atoms with Crippen molar-refractivity contribution in [3.63, 3.8) is 0 Å². The normalized spacial score (nSPS) is 11.5. The molecule has 0 bridgehead atoms. The van der Waals surface area contributed by atoms with E-state index in [1.165, 1.54) is 0 Å². The standard InChI is InChI=1S/C34H24N2O/c37-31(27-18-9-3-10-19-27)24-29(25-14-5-1-6-15-25)34-33(28-20-11-4-12-21-28)35-32-23-13-22-30(36(32)34)26-16-7-2-8-17-26/h1-24H/b29-24+. The van der Waals surface area contributed by atoms with Crippen molar-refractivity contribution >= 4 is 17.0 Å². The molecule has 0 aliphatic heterocycles. The number of nitrogens with zero attached hydrogens (tertiary/aromatic N) is 2. The summed E-state index contributed by atoms with van der Waals surface area (Å²) in [7, 11) is 0. The van der Waals surface area contributed by atoms with Crippen LogP contribution in [0, 0.1) is 0 Å². The smallest absolute Gasteiger partial charge is 0.186 e. The summed E-state index contributed by atoms with van der Waals surface area (Å²) in [6, 6.07) is 46.1. The van der Waals surface area contributed by atoms with Crippen molar-refractivity contribution in [3.05, 3.63) is 162 Å². The molecule has 3 heteroatoms. The molecular weight excluding hydrogens is 452 g/mol. The molecule has 0 atom stereocenters. The lowest BCUT2D eigenvalue weighted by molar-refractivity contribution is 0.104. The second-order valence-corrected chi connectivity index (χ2v) is 8.80. The van der Waals surface area contributed by atoms with Crippen LogP contribution in [0.5, 0.6) is 0 Å². The molecule has 2 aromatic heterocycles. The van der Waals surface area contributed by atoms with E-state index in [4.69, 9.17) is 4.98 Å². The summed E-state index contributed by atoms with van der Waals surface area (Å²) in [5.41, 5.74) is 8.05. The first-order valence-corrected chi connectivity index (χ1v) is 12.3. The molecule has 0 saturated heterocycles. The molecule has 0 aliphatic carbocycles. The third kappa shape index (κ3) is 4.39. The van der Waals surface area contributed by atoms with E-state index in [9.17, 15) is 4.79 Å². The summed E-state index contributed by atoms with van der Waals surface area (Å²) < 4.78 is 2.18. The van der Waals surface area contributed by atoms with Crippen molar-refractivity contribution < 1.29 is 4.79 Å². The minimum absolute atomic E-state index is 0.0504. The number of aromatic nitrogens is 2. The SMILES string of the molecule is O=C(/C=C(\c1ccccc1)c1c(-c2ccccc2)nc2cccc(-c3ccccc3)n12)c1ccccc1. The molecule has 37 heavy (non-hydrogen) atoms. The van der Waals surface area contributed by atoms with Gasteiger partial charge < -0.3 is 0 Å². The minimum atomic E-state index is -0.0504. The average molecular weight is 477 g/mol. The van der Waals surface area contributed by atoms with Crippen molar-refractivity contribution in [2.75, 3.05) is 0 Å². The van der Waals surface area contributed by atoms with E-state index in [1.807, 2.05) is 109 Å². The molecule has 0 radical (unpaired) electrons. The van der Waals surface area contributed by atoms with Crippen molar-refractivity contribution in [2.45, 2.75) is 0 Å². The van der Waals surface area contributed by atoms with E-state index in [-0.39, 0.29) is 5.78 Å². The number of carbonyl (C=O) groups is 1. The molecule has 4 aromatic carbocycles.